The minimum Gasteiger partial charge on any atom is -0.484 e. The van der Waals surface area contributed by atoms with E-state index in [4.69, 9.17) is 9.47 Å². The van der Waals surface area contributed by atoms with E-state index in [1.807, 2.05) is 6.07 Å². The highest BCUT2D eigenvalue weighted by atomic mass is 32.2. The van der Waals surface area contributed by atoms with Gasteiger partial charge in [-0.25, -0.2) is 8.42 Å². The Hall–Kier alpha value is -2.58. The predicted octanol–water partition coefficient (Wildman–Crippen LogP) is 2.47. The number of benzene rings is 2. The zero-order valence-electron chi connectivity index (χ0n) is 15.7. The van der Waals surface area contributed by atoms with Crippen LogP contribution < -0.4 is 14.8 Å². The van der Waals surface area contributed by atoms with E-state index in [-0.39, 0.29) is 23.5 Å². The van der Waals surface area contributed by atoms with Crippen molar-refractivity contribution in [3.05, 3.63) is 54.1 Å². The third-order valence-electron chi connectivity index (χ3n) is 4.39. The van der Waals surface area contributed by atoms with E-state index in [1.54, 1.807) is 37.3 Å². The highest BCUT2D eigenvalue weighted by Crippen LogP contribution is 2.23. The van der Waals surface area contributed by atoms with E-state index in [0.29, 0.717) is 23.5 Å². The molecule has 150 valence electrons. The van der Waals surface area contributed by atoms with Gasteiger partial charge in [0.25, 0.3) is 15.9 Å². The van der Waals surface area contributed by atoms with Crippen LogP contribution in [0, 0.1) is 6.92 Å². The Morgan fingerprint density at radius 2 is 2.00 bits per heavy atom. The maximum Gasteiger partial charge on any atom is 0.261 e. The molecule has 1 atom stereocenters. The van der Waals surface area contributed by atoms with E-state index in [9.17, 15) is 13.2 Å². The maximum absolute atomic E-state index is 12.5. The molecule has 1 amide bonds. The normalized spacial score (nSPS) is 16.5. The van der Waals surface area contributed by atoms with Crippen LogP contribution in [-0.4, -0.2) is 40.2 Å². The molecule has 3 rings (SSSR count). The van der Waals surface area contributed by atoms with Crippen LogP contribution in [0.1, 0.15) is 18.4 Å². The zero-order chi connectivity index (χ0) is 20.0. The number of rotatable bonds is 8. The van der Waals surface area contributed by atoms with Gasteiger partial charge in [0.15, 0.2) is 6.61 Å². The SMILES string of the molecule is Cc1cc(S(=O)(=O)Nc2ccccc2)ccc1OCC(=O)NC[C@@H]1CCCO1. The summed E-state index contributed by atoms with van der Waals surface area (Å²) >= 11 is 0. The van der Waals surface area contributed by atoms with Gasteiger partial charge in [-0.05, 0) is 55.7 Å². The molecule has 0 aromatic heterocycles. The summed E-state index contributed by atoms with van der Waals surface area (Å²) in [6.45, 7) is 2.82. The molecule has 1 saturated heterocycles. The number of ether oxygens (including phenoxy) is 2. The lowest BCUT2D eigenvalue weighted by Crippen LogP contribution is -2.35. The standard InChI is InChI=1S/C20H24N2O5S/c1-15-12-18(28(24,25)22-16-6-3-2-4-7-16)9-10-19(15)27-14-20(23)21-13-17-8-5-11-26-17/h2-4,6-7,9-10,12,17,22H,5,8,11,13-14H2,1H3,(H,21,23)/t17-/m0/s1. The first-order valence-electron chi connectivity index (χ1n) is 9.14. The molecule has 0 aliphatic carbocycles. The molecule has 1 aliphatic heterocycles. The van der Waals surface area contributed by atoms with E-state index in [2.05, 4.69) is 10.0 Å². The summed E-state index contributed by atoms with van der Waals surface area (Å²) in [5.74, 6) is 0.225. The first kappa shape index (κ1) is 20.2. The van der Waals surface area contributed by atoms with Gasteiger partial charge in [0.1, 0.15) is 5.75 Å². The van der Waals surface area contributed by atoms with Crippen molar-refractivity contribution in [3.8, 4) is 5.75 Å². The van der Waals surface area contributed by atoms with Gasteiger partial charge < -0.3 is 14.8 Å². The zero-order valence-corrected chi connectivity index (χ0v) is 16.5. The Morgan fingerprint density at radius 3 is 2.68 bits per heavy atom. The van der Waals surface area contributed by atoms with E-state index in [0.717, 1.165) is 19.4 Å². The van der Waals surface area contributed by atoms with Gasteiger partial charge in [0, 0.05) is 18.8 Å². The van der Waals surface area contributed by atoms with Crippen LogP contribution in [0.3, 0.4) is 0 Å². The lowest BCUT2D eigenvalue weighted by molar-refractivity contribution is -0.123. The summed E-state index contributed by atoms with van der Waals surface area (Å²) in [5.41, 5.74) is 1.12. The second kappa shape index (κ2) is 9.07. The van der Waals surface area contributed by atoms with E-state index >= 15 is 0 Å². The van der Waals surface area contributed by atoms with Crippen molar-refractivity contribution in [2.75, 3.05) is 24.5 Å². The Morgan fingerprint density at radius 1 is 1.21 bits per heavy atom. The van der Waals surface area contributed by atoms with Gasteiger partial charge in [-0.2, -0.15) is 0 Å². The summed E-state index contributed by atoms with van der Waals surface area (Å²) in [6, 6.07) is 13.2. The van der Waals surface area contributed by atoms with Crippen LogP contribution >= 0.6 is 0 Å². The van der Waals surface area contributed by atoms with Crippen LogP contribution in [0.25, 0.3) is 0 Å². The topological polar surface area (TPSA) is 93.7 Å². The number of sulfonamides is 1. The second-order valence-electron chi connectivity index (χ2n) is 6.63. The number of anilines is 1. The van der Waals surface area contributed by atoms with Crippen molar-refractivity contribution >= 4 is 21.6 Å². The molecule has 1 fully saturated rings. The number of aryl methyl sites for hydroxylation is 1. The van der Waals surface area contributed by atoms with Crippen molar-refractivity contribution in [2.24, 2.45) is 0 Å². The van der Waals surface area contributed by atoms with Crippen molar-refractivity contribution in [3.63, 3.8) is 0 Å². The average Bonchev–Trinajstić information content (AvgIpc) is 3.19. The molecule has 7 nitrogen and oxygen atoms in total. The molecule has 0 radical (unpaired) electrons. The largest absolute Gasteiger partial charge is 0.484 e. The van der Waals surface area contributed by atoms with Gasteiger partial charge in [-0.15, -0.1) is 0 Å². The Labute approximate surface area is 165 Å². The number of amides is 1. The van der Waals surface area contributed by atoms with Crippen molar-refractivity contribution in [2.45, 2.75) is 30.8 Å². The number of hydrogen-bond donors (Lipinski definition) is 2. The number of para-hydroxylation sites is 1. The minimum atomic E-state index is -3.70. The minimum absolute atomic E-state index is 0.0762. The van der Waals surface area contributed by atoms with Crippen LogP contribution in [-0.2, 0) is 19.6 Å². The molecule has 8 heteroatoms. The molecule has 1 aliphatic rings. The van der Waals surface area contributed by atoms with Crippen molar-refractivity contribution in [1.29, 1.82) is 0 Å². The quantitative estimate of drug-likeness (QED) is 0.705. The first-order chi connectivity index (χ1) is 13.4. The maximum atomic E-state index is 12.5. The first-order valence-corrected chi connectivity index (χ1v) is 10.6. The Kier molecular flexibility index (Phi) is 6.53. The molecular weight excluding hydrogens is 380 g/mol. The van der Waals surface area contributed by atoms with Crippen molar-refractivity contribution < 1.29 is 22.7 Å². The monoisotopic (exact) mass is 404 g/mol. The highest BCUT2D eigenvalue weighted by molar-refractivity contribution is 7.92. The third-order valence-corrected chi connectivity index (χ3v) is 5.77. The Bertz CT molecular complexity index is 909. The fourth-order valence-corrected chi connectivity index (χ4v) is 4.04. The van der Waals surface area contributed by atoms with Crippen molar-refractivity contribution in [1.82, 2.24) is 5.32 Å². The number of carbonyl (C=O) groups is 1. The molecule has 2 aromatic carbocycles. The number of carbonyl (C=O) groups excluding carboxylic acids is 1. The average molecular weight is 404 g/mol. The van der Waals surface area contributed by atoms with Gasteiger partial charge in [0.2, 0.25) is 0 Å². The van der Waals surface area contributed by atoms with Gasteiger partial charge in [-0.1, -0.05) is 18.2 Å². The molecule has 0 bridgehead atoms. The Balaban J connectivity index is 1.56. The fraction of sp³-hybridized carbons (Fsp3) is 0.350. The van der Waals surface area contributed by atoms with Gasteiger partial charge >= 0.3 is 0 Å². The summed E-state index contributed by atoms with van der Waals surface area (Å²) in [5, 5.41) is 2.78. The molecule has 2 aromatic rings. The van der Waals surface area contributed by atoms with E-state index in [1.165, 1.54) is 12.1 Å². The fourth-order valence-electron chi connectivity index (χ4n) is 2.90. The van der Waals surface area contributed by atoms with Crippen LogP contribution in [0.15, 0.2) is 53.4 Å². The summed E-state index contributed by atoms with van der Waals surface area (Å²) < 4.78 is 38.5. The second-order valence-corrected chi connectivity index (χ2v) is 8.31. The number of hydrogen-bond acceptors (Lipinski definition) is 5. The van der Waals surface area contributed by atoms with Crippen LogP contribution in [0.5, 0.6) is 5.75 Å². The molecule has 0 saturated carbocycles. The molecule has 0 spiro atoms. The van der Waals surface area contributed by atoms with Crippen LogP contribution in [0.4, 0.5) is 5.69 Å². The smallest absolute Gasteiger partial charge is 0.261 e. The molecule has 0 unspecified atom stereocenters. The van der Waals surface area contributed by atoms with Gasteiger partial charge in [-0.3, -0.25) is 9.52 Å². The third kappa shape index (κ3) is 5.46. The molecule has 28 heavy (non-hydrogen) atoms. The molecule has 2 N–H and O–H groups in total. The van der Waals surface area contributed by atoms with Gasteiger partial charge in [0.05, 0.1) is 11.0 Å². The lowest BCUT2D eigenvalue weighted by Gasteiger charge is -2.13. The van der Waals surface area contributed by atoms with Crippen LogP contribution in [0.2, 0.25) is 0 Å². The van der Waals surface area contributed by atoms with E-state index < -0.39 is 10.0 Å². The molecule has 1 heterocycles. The molecular formula is C20H24N2O5S. The summed E-state index contributed by atoms with van der Waals surface area (Å²) in [6.07, 6.45) is 2.05. The summed E-state index contributed by atoms with van der Waals surface area (Å²) in [7, 11) is -3.70. The lowest BCUT2D eigenvalue weighted by atomic mass is 10.2. The predicted molar refractivity (Wildman–Crippen MR) is 106 cm³/mol. The number of nitrogens with one attached hydrogen (secondary N) is 2. The highest BCUT2D eigenvalue weighted by Gasteiger charge is 2.18. The summed E-state index contributed by atoms with van der Waals surface area (Å²) in [4.78, 5) is 12.0.